The predicted octanol–water partition coefficient (Wildman–Crippen LogP) is 4.88. The van der Waals surface area contributed by atoms with Gasteiger partial charge in [0.15, 0.2) is 0 Å². The molecule has 2 saturated carbocycles. The fraction of sp³-hybridized carbons (Fsp3) is 0.542. The minimum Gasteiger partial charge on any atom is -0.478 e. The Kier molecular flexibility index (Phi) is 3.83. The molecule has 2 fully saturated rings. The molecule has 1 N–H and O–H groups in total. The van der Waals surface area contributed by atoms with E-state index < -0.39 is 0 Å². The smallest absolute Gasteiger partial charge is 0.250 e. The van der Waals surface area contributed by atoms with Crippen LogP contribution in [0.5, 0.6) is 5.75 Å². The van der Waals surface area contributed by atoms with Crippen LogP contribution in [0.1, 0.15) is 52.0 Å². The summed E-state index contributed by atoms with van der Waals surface area (Å²) in [6, 6.07) is 5.91. The maximum Gasteiger partial charge on any atom is 0.250 e. The molecule has 4 nitrogen and oxygen atoms in total. The molecule has 148 valence electrons. The molecule has 0 spiro atoms. The third-order valence-corrected chi connectivity index (χ3v) is 7.46. The second-order valence-electron chi connectivity index (χ2n) is 10.1. The van der Waals surface area contributed by atoms with Crippen LogP contribution in [0, 0.1) is 17.3 Å². The summed E-state index contributed by atoms with van der Waals surface area (Å²) in [5.41, 5.74) is 4.60. The first-order chi connectivity index (χ1) is 13.2. The number of ether oxygens (including phenoxy) is 1. The fourth-order valence-electron chi connectivity index (χ4n) is 6.21. The van der Waals surface area contributed by atoms with Crippen molar-refractivity contribution in [2.75, 3.05) is 12.0 Å². The quantitative estimate of drug-likeness (QED) is 0.602. The highest BCUT2D eigenvalue weighted by atomic mass is 16.5. The van der Waals surface area contributed by atoms with E-state index in [1.165, 1.54) is 25.7 Å². The topological polar surface area (TPSA) is 41.6 Å². The number of carbonyl (C=O) groups is 1. The summed E-state index contributed by atoms with van der Waals surface area (Å²) in [6.45, 7) is 11.8. The van der Waals surface area contributed by atoms with Gasteiger partial charge in [-0.05, 0) is 75.0 Å². The standard InChI is InChI=1S/C24H30N2O2/c1-15(2)22(27)25-19-5-6-21-18(8-19)12-26(14-28-21)24(4)10-17-7-16-9-23(3,13-24)11-20(16)17/h5-6,8,10,16,20H,1,7,9,11-14H2,2-4H3,(H,25,27). The first-order valence-electron chi connectivity index (χ1n) is 10.4. The van der Waals surface area contributed by atoms with Gasteiger partial charge in [-0.1, -0.05) is 25.2 Å². The second-order valence-corrected chi connectivity index (χ2v) is 10.1. The zero-order valence-electron chi connectivity index (χ0n) is 17.2. The number of rotatable bonds is 3. The van der Waals surface area contributed by atoms with Crippen molar-refractivity contribution >= 4 is 11.6 Å². The number of nitrogens with zero attached hydrogens (tertiary/aromatic N) is 1. The van der Waals surface area contributed by atoms with Crippen molar-refractivity contribution in [3.05, 3.63) is 47.6 Å². The largest absolute Gasteiger partial charge is 0.478 e. The molecule has 4 unspecified atom stereocenters. The van der Waals surface area contributed by atoms with Gasteiger partial charge in [0.1, 0.15) is 12.5 Å². The van der Waals surface area contributed by atoms with E-state index >= 15 is 0 Å². The summed E-state index contributed by atoms with van der Waals surface area (Å²) >= 11 is 0. The number of nitrogens with one attached hydrogen (secondary N) is 1. The highest BCUT2D eigenvalue weighted by Gasteiger charge is 2.55. The molecule has 4 aliphatic rings. The number of carbonyl (C=O) groups excluding carboxylic acids is 1. The molecule has 1 amide bonds. The van der Waals surface area contributed by atoms with Crippen molar-refractivity contribution in [1.82, 2.24) is 4.90 Å². The average molecular weight is 379 g/mol. The van der Waals surface area contributed by atoms with Crippen LogP contribution in [0.4, 0.5) is 5.69 Å². The van der Waals surface area contributed by atoms with Crippen LogP contribution in [0.25, 0.3) is 0 Å². The highest BCUT2D eigenvalue weighted by molar-refractivity contribution is 6.02. The van der Waals surface area contributed by atoms with E-state index in [9.17, 15) is 4.79 Å². The molecule has 5 rings (SSSR count). The summed E-state index contributed by atoms with van der Waals surface area (Å²) in [4.78, 5) is 14.4. The Balaban J connectivity index is 1.41. The molecule has 0 aromatic heterocycles. The minimum absolute atomic E-state index is 0.0267. The van der Waals surface area contributed by atoms with Gasteiger partial charge >= 0.3 is 0 Å². The zero-order chi connectivity index (χ0) is 19.7. The Morgan fingerprint density at radius 3 is 2.93 bits per heavy atom. The first-order valence-corrected chi connectivity index (χ1v) is 10.4. The van der Waals surface area contributed by atoms with Crippen LogP contribution < -0.4 is 10.1 Å². The summed E-state index contributed by atoms with van der Waals surface area (Å²) in [7, 11) is 0. The van der Waals surface area contributed by atoms with Crippen LogP contribution in [0.3, 0.4) is 0 Å². The van der Waals surface area contributed by atoms with Gasteiger partial charge in [0.2, 0.25) is 0 Å². The van der Waals surface area contributed by atoms with Crippen LogP contribution in [-0.4, -0.2) is 23.1 Å². The van der Waals surface area contributed by atoms with Crippen molar-refractivity contribution in [3.8, 4) is 5.75 Å². The van der Waals surface area contributed by atoms with Gasteiger partial charge in [-0.3, -0.25) is 9.69 Å². The van der Waals surface area contributed by atoms with Crippen molar-refractivity contribution < 1.29 is 9.53 Å². The normalized spacial score (nSPS) is 35.8. The number of hydrogen-bond donors (Lipinski definition) is 1. The Morgan fingerprint density at radius 1 is 1.32 bits per heavy atom. The predicted molar refractivity (Wildman–Crippen MR) is 111 cm³/mol. The molecule has 1 aromatic carbocycles. The van der Waals surface area contributed by atoms with E-state index in [0.29, 0.717) is 17.7 Å². The van der Waals surface area contributed by atoms with E-state index in [1.807, 2.05) is 18.2 Å². The molecule has 1 aliphatic heterocycles. The van der Waals surface area contributed by atoms with Crippen LogP contribution in [0.15, 0.2) is 42.0 Å². The maximum atomic E-state index is 12.0. The molecule has 2 bridgehead atoms. The Morgan fingerprint density at radius 2 is 2.14 bits per heavy atom. The van der Waals surface area contributed by atoms with Crippen LogP contribution in [0.2, 0.25) is 0 Å². The van der Waals surface area contributed by atoms with Gasteiger partial charge in [-0.25, -0.2) is 0 Å². The van der Waals surface area contributed by atoms with E-state index in [0.717, 1.165) is 35.4 Å². The molecule has 0 radical (unpaired) electrons. The lowest BCUT2D eigenvalue weighted by molar-refractivity contribution is -0.112. The van der Waals surface area contributed by atoms with E-state index in [4.69, 9.17) is 4.74 Å². The lowest BCUT2D eigenvalue weighted by Crippen LogP contribution is -2.51. The molecule has 28 heavy (non-hydrogen) atoms. The number of benzene rings is 1. The van der Waals surface area contributed by atoms with Gasteiger partial charge in [0.05, 0.1) is 0 Å². The molecular weight excluding hydrogens is 348 g/mol. The third-order valence-electron chi connectivity index (χ3n) is 7.46. The number of allylic oxidation sites excluding steroid dienone is 1. The van der Waals surface area contributed by atoms with Gasteiger partial charge in [0.25, 0.3) is 5.91 Å². The van der Waals surface area contributed by atoms with E-state index in [-0.39, 0.29) is 11.4 Å². The zero-order valence-corrected chi connectivity index (χ0v) is 17.2. The van der Waals surface area contributed by atoms with Crippen molar-refractivity contribution in [2.24, 2.45) is 17.3 Å². The van der Waals surface area contributed by atoms with Crippen molar-refractivity contribution in [3.63, 3.8) is 0 Å². The minimum atomic E-state index is -0.141. The average Bonchev–Trinajstić information content (AvgIpc) is 2.84. The van der Waals surface area contributed by atoms with Gasteiger partial charge in [0, 0.05) is 28.9 Å². The maximum absolute atomic E-state index is 12.0. The van der Waals surface area contributed by atoms with Crippen LogP contribution in [-0.2, 0) is 11.3 Å². The molecule has 3 aliphatic carbocycles. The molecule has 0 saturated heterocycles. The molecule has 4 atom stereocenters. The lowest BCUT2D eigenvalue weighted by atomic mass is 9.68. The highest BCUT2D eigenvalue weighted by Crippen LogP contribution is 2.63. The Hall–Kier alpha value is -2.07. The molecule has 1 heterocycles. The van der Waals surface area contributed by atoms with Crippen molar-refractivity contribution in [2.45, 2.75) is 58.5 Å². The third kappa shape index (κ3) is 2.81. The molecule has 1 aromatic rings. The fourth-order valence-corrected chi connectivity index (χ4v) is 6.21. The van der Waals surface area contributed by atoms with Crippen molar-refractivity contribution in [1.29, 1.82) is 0 Å². The molecular formula is C24H30N2O2. The molecule has 4 heteroatoms. The summed E-state index contributed by atoms with van der Waals surface area (Å²) in [5.74, 6) is 2.57. The Labute approximate surface area is 167 Å². The number of hydrogen-bond acceptors (Lipinski definition) is 3. The monoisotopic (exact) mass is 378 g/mol. The first kappa shape index (κ1) is 18.0. The van der Waals surface area contributed by atoms with Crippen LogP contribution >= 0.6 is 0 Å². The van der Waals surface area contributed by atoms with Gasteiger partial charge in [-0.2, -0.15) is 0 Å². The SMILES string of the molecule is C=C(C)C(=O)Nc1ccc2c(c1)CN(C1(C)C=C3CC4CC(C)(CC34)C1)CO2. The second kappa shape index (κ2) is 5.96. The summed E-state index contributed by atoms with van der Waals surface area (Å²) in [6.07, 6.45) is 7.81. The number of amides is 1. The summed E-state index contributed by atoms with van der Waals surface area (Å²) in [5, 5.41) is 2.92. The van der Waals surface area contributed by atoms with E-state index in [1.54, 1.807) is 12.5 Å². The number of fused-ring (bicyclic) bond motifs is 2. The summed E-state index contributed by atoms with van der Waals surface area (Å²) < 4.78 is 6.13. The number of anilines is 1. The van der Waals surface area contributed by atoms with Gasteiger partial charge < -0.3 is 10.1 Å². The lowest BCUT2D eigenvalue weighted by Gasteiger charge is -2.47. The van der Waals surface area contributed by atoms with E-state index in [2.05, 4.69) is 36.7 Å². The van der Waals surface area contributed by atoms with Gasteiger partial charge in [-0.15, -0.1) is 0 Å². The Bertz CT molecular complexity index is 904.